The van der Waals surface area contributed by atoms with Gasteiger partial charge in [-0.05, 0) is 109 Å². The predicted octanol–water partition coefficient (Wildman–Crippen LogP) is 4.14. The van der Waals surface area contributed by atoms with Crippen molar-refractivity contribution < 1.29 is 46.5 Å². The molecule has 3 N–H and O–H groups in total. The summed E-state index contributed by atoms with van der Waals surface area (Å²) in [5, 5.41) is 6.70. The van der Waals surface area contributed by atoms with Crippen LogP contribution in [-0.4, -0.2) is 128 Å². The van der Waals surface area contributed by atoms with Crippen LogP contribution in [0, 0.1) is 17.8 Å². The van der Waals surface area contributed by atoms with Crippen LogP contribution in [0.4, 0.5) is 4.79 Å². The first kappa shape index (κ1) is 43.8. The van der Waals surface area contributed by atoms with Crippen LogP contribution in [0.15, 0.2) is 36.9 Å². The van der Waals surface area contributed by atoms with Gasteiger partial charge in [-0.2, -0.15) is 0 Å². The normalized spacial score (nSPS) is 31.7. The van der Waals surface area contributed by atoms with Crippen LogP contribution in [0.3, 0.4) is 0 Å². The minimum atomic E-state index is -4.02. The molecule has 3 saturated heterocycles. The number of piperidine rings is 1. The number of amides is 4. The zero-order valence-electron chi connectivity index (χ0n) is 36.5. The molecule has 3 aliphatic carbocycles. The first-order chi connectivity index (χ1) is 30.3. The summed E-state index contributed by atoms with van der Waals surface area (Å²) in [6, 6.07) is 5.69. The number of carbonyl (C=O) groups is 4. The fourth-order valence-corrected chi connectivity index (χ4v) is 11.3. The van der Waals surface area contributed by atoms with Crippen molar-refractivity contribution >= 4 is 44.7 Å². The smallest absolute Gasteiger partial charge is 0.408 e. The van der Waals surface area contributed by atoms with Crippen molar-refractivity contribution in [1.82, 2.24) is 30.1 Å². The number of hydrogen-bond acceptors (Lipinski definition) is 12. The van der Waals surface area contributed by atoms with Crippen LogP contribution in [-0.2, 0) is 40.3 Å². The number of nitrogens with one attached hydrogen (secondary N) is 3. The molecule has 1 aromatic carbocycles. The zero-order valence-corrected chi connectivity index (χ0v) is 37.3. The summed E-state index contributed by atoms with van der Waals surface area (Å²) in [5.74, 6) is -1.38. The Kier molecular flexibility index (Phi) is 12.1. The quantitative estimate of drug-likeness (QED) is 0.305. The van der Waals surface area contributed by atoms with Crippen LogP contribution >= 0.6 is 0 Å². The number of benzene rings is 1. The van der Waals surface area contributed by atoms with Gasteiger partial charge in [0.15, 0.2) is 0 Å². The Morgan fingerprint density at radius 3 is 2.49 bits per heavy atom. The number of ether oxygens (including phenoxy) is 4. The average molecular weight is 891 g/mol. The van der Waals surface area contributed by atoms with Gasteiger partial charge in [0.05, 0.1) is 22.4 Å². The second-order valence-electron chi connectivity index (χ2n) is 19.3. The van der Waals surface area contributed by atoms with E-state index in [9.17, 15) is 22.8 Å². The van der Waals surface area contributed by atoms with E-state index in [4.69, 9.17) is 23.9 Å². The van der Waals surface area contributed by atoms with Crippen LogP contribution in [0.25, 0.3) is 10.9 Å². The van der Waals surface area contributed by atoms with Gasteiger partial charge < -0.3 is 39.4 Å². The maximum Gasteiger partial charge on any atom is 0.408 e. The fraction of sp³-hybridized carbons (Fsp3) is 0.674. The summed E-state index contributed by atoms with van der Waals surface area (Å²) in [4.78, 5) is 66.1. The lowest BCUT2D eigenvalue weighted by atomic mass is 9.90. The molecule has 1 aromatic heterocycles. The number of rotatable bonds is 9. The first-order valence-corrected chi connectivity index (χ1v) is 24.6. The molecule has 4 aliphatic heterocycles. The number of aromatic nitrogens is 1. The Morgan fingerprint density at radius 1 is 1.00 bits per heavy atom. The summed E-state index contributed by atoms with van der Waals surface area (Å²) in [5.41, 5.74) is -0.0175. The van der Waals surface area contributed by atoms with Crippen molar-refractivity contribution in [2.45, 2.75) is 137 Å². The fourth-order valence-electron chi connectivity index (χ4n) is 10.0. The van der Waals surface area contributed by atoms with Crippen molar-refractivity contribution in [3.05, 3.63) is 42.5 Å². The Balaban J connectivity index is 1.07. The Hall–Kier alpha value is -4.48. The van der Waals surface area contributed by atoms with E-state index in [0.717, 1.165) is 74.7 Å². The van der Waals surface area contributed by atoms with Crippen molar-refractivity contribution in [2.75, 3.05) is 39.9 Å². The molecule has 16 nitrogen and oxygen atoms in total. The third kappa shape index (κ3) is 9.11. The largest absolute Gasteiger partial charge is 0.489 e. The molecule has 3 saturated carbocycles. The molecule has 4 amide bonds. The topological polar surface area (TPSA) is 195 Å². The summed E-state index contributed by atoms with van der Waals surface area (Å²) in [6.07, 6.45) is 8.80. The highest BCUT2D eigenvalue weighted by molar-refractivity contribution is 7.91. The maximum atomic E-state index is 15.1. The molecule has 2 aromatic rings. The number of para-hydroxylation sites is 1. The Bertz CT molecular complexity index is 2220. The van der Waals surface area contributed by atoms with Gasteiger partial charge in [0.25, 0.3) is 5.91 Å². The SMILES string of the molecule is C=CC1CC1(NC(=O)C1CC2CN1C(=O)C(C1CCOCC1)NC(=O)OC1CC1CCCCCc1c(nc3ccccc3c1OC1CCN(C)CC1)O2)C(=O)NS(=O)(=O)C1(C)CC1. The lowest BCUT2D eigenvalue weighted by Crippen LogP contribution is -2.59. The Labute approximate surface area is 369 Å². The number of nitrogens with zero attached hydrogens (tertiary/aromatic N) is 3. The number of carbonyl (C=O) groups excluding carboxylic acids is 4. The van der Waals surface area contributed by atoms with E-state index in [1.54, 1.807) is 6.92 Å². The number of pyridine rings is 1. The zero-order chi connectivity index (χ0) is 44.1. The number of fused-ring (bicyclic) bond motifs is 5. The van der Waals surface area contributed by atoms with Crippen LogP contribution in [0.1, 0.15) is 96.0 Å². The highest BCUT2D eigenvalue weighted by atomic mass is 32.2. The van der Waals surface area contributed by atoms with Gasteiger partial charge >= 0.3 is 6.09 Å². The highest BCUT2D eigenvalue weighted by Crippen LogP contribution is 2.47. The second kappa shape index (κ2) is 17.5. The number of hydrogen-bond donors (Lipinski definition) is 3. The Morgan fingerprint density at radius 2 is 1.76 bits per heavy atom. The van der Waals surface area contributed by atoms with Gasteiger partial charge in [-0.1, -0.05) is 31.1 Å². The van der Waals surface area contributed by atoms with Gasteiger partial charge in [0.1, 0.15) is 41.7 Å². The highest BCUT2D eigenvalue weighted by Gasteiger charge is 2.63. The number of likely N-dealkylation sites (tertiary alicyclic amines) is 1. The second-order valence-corrected chi connectivity index (χ2v) is 21.5. The van der Waals surface area contributed by atoms with Crippen molar-refractivity contribution in [3.63, 3.8) is 0 Å². The molecular weight excluding hydrogens is 829 g/mol. The molecule has 342 valence electrons. The minimum Gasteiger partial charge on any atom is -0.489 e. The minimum absolute atomic E-state index is 0.00871. The summed E-state index contributed by atoms with van der Waals surface area (Å²) in [6.45, 7) is 8.09. The van der Waals surface area contributed by atoms with Gasteiger partial charge in [0, 0.05) is 44.0 Å². The molecule has 17 heteroatoms. The number of sulfonamides is 1. The molecule has 0 radical (unpaired) electrons. The molecule has 0 spiro atoms. The molecule has 63 heavy (non-hydrogen) atoms. The maximum absolute atomic E-state index is 15.1. The lowest BCUT2D eigenvalue weighted by molar-refractivity contribution is -0.142. The van der Waals surface area contributed by atoms with Crippen molar-refractivity contribution in [1.29, 1.82) is 0 Å². The summed E-state index contributed by atoms with van der Waals surface area (Å²) in [7, 11) is -1.90. The van der Waals surface area contributed by atoms with E-state index >= 15 is 4.79 Å². The van der Waals surface area contributed by atoms with Crippen LogP contribution in [0.5, 0.6) is 11.6 Å². The molecule has 7 atom stereocenters. The monoisotopic (exact) mass is 890 g/mol. The predicted molar refractivity (Wildman–Crippen MR) is 232 cm³/mol. The van der Waals surface area contributed by atoms with Gasteiger partial charge in [-0.3, -0.25) is 19.1 Å². The summed E-state index contributed by atoms with van der Waals surface area (Å²) >= 11 is 0. The first-order valence-electron chi connectivity index (χ1n) is 23.1. The van der Waals surface area contributed by atoms with Gasteiger partial charge in [-0.25, -0.2) is 18.2 Å². The third-order valence-corrected chi connectivity index (χ3v) is 16.9. The molecule has 2 bridgehead atoms. The van der Waals surface area contributed by atoms with Crippen LogP contribution < -0.4 is 24.8 Å². The van der Waals surface area contributed by atoms with E-state index in [1.807, 2.05) is 24.3 Å². The standard InChI is InChI=1S/C46H62N6O10S/c1-4-30-26-46(30,43(55)50-63(57,58)45(2)18-19-45)49-40(53)36-25-32-27-52(36)42(54)38(28-16-22-59-23-17-28)48-44(56)62-37-24-29(37)10-6-5-7-12-34-39(60-31-14-20-51(3)21-15-31)33-11-8-9-13-35(33)47-41(34)61-32/h4,8-9,11,13,28-32,36-38H,1,5-7,10,12,14-27H2,2-3H3,(H,48,56)(H,49,53)(H,50,55). The lowest BCUT2D eigenvalue weighted by Gasteiger charge is -2.34. The van der Waals surface area contributed by atoms with E-state index in [0.29, 0.717) is 56.7 Å². The van der Waals surface area contributed by atoms with Crippen molar-refractivity contribution in [3.8, 4) is 11.6 Å². The van der Waals surface area contributed by atoms with E-state index < -0.39 is 68.2 Å². The molecular formula is C46H62N6O10S. The molecule has 9 rings (SSSR count). The number of alkyl carbamates (subject to hydrolysis) is 1. The molecule has 6 fully saturated rings. The van der Waals surface area contributed by atoms with Gasteiger partial charge in [-0.15, -0.1) is 6.58 Å². The van der Waals surface area contributed by atoms with E-state index in [2.05, 4.69) is 33.9 Å². The van der Waals surface area contributed by atoms with E-state index in [-0.39, 0.29) is 43.4 Å². The average Bonchev–Trinajstić information content (AvgIpc) is 4.23. The molecule has 7 unspecified atom stereocenters. The van der Waals surface area contributed by atoms with Crippen molar-refractivity contribution in [2.24, 2.45) is 17.8 Å². The van der Waals surface area contributed by atoms with Gasteiger partial charge in [0.2, 0.25) is 27.7 Å². The van der Waals surface area contributed by atoms with E-state index in [1.165, 1.54) is 11.0 Å². The molecule has 7 aliphatic rings. The molecule has 5 heterocycles. The third-order valence-electron chi connectivity index (χ3n) is 14.8. The summed E-state index contributed by atoms with van der Waals surface area (Å²) < 4.78 is 53.0. The van der Waals surface area contributed by atoms with Crippen LogP contribution in [0.2, 0.25) is 0 Å².